The molecule has 134 valence electrons. The number of anilines is 1. The predicted octanol–water partition coefficient (Wildman–Crippen LogP) is 5.16. The third-order valence-corrected chi connectivity index (χ3v) is 6.21. The van der Waals surface area contributed by atoms with Crippen molar-refractivity contribution in [3.8, 4) is 11.5 Å². The van der Waals surface area contributed by atoms with Crippen LogP contribution in [-0.2, 0) is 10.2 Å². The van der Waals surface area contributed by atoms with Gasteiger partial charge in [0, 0.05) is 29.1 Å². The van der Waals surface area contributed by atoms with Gasteiger partial charge in [0.2, 0.25) is 5.91 Å². The number of benzene rings is 2. The maximum absolute atomic E-state index is 13.0. The lowest BCUT2D eigenvalue weighted by atomic mass is 9.95. The predicted molar refractivity (Wildman–Crippen MR) is 103 cm³/mol. The first-order chi connectivity index (χ1) is 12.6. The van der Waals surface area contributed by atoms with Crippen molar-refractivity contribution in [2.24, 2.45) is 0 Å². The number of hydrogen-bond donors (Lipinski definition) is 1. The summed E-state index contributed by atoms with van der Waals surface area (Å²) in [5.41, 5.74) is 1.41. The summed E-state index contributed by atoms with van der Waals surface area (Å²) < 4.78 is 13.1. The van der Waals surface area contributed by atoms with Gasteiger partial charge >= 0.3 is 0 Å². The lowest BCUT2D eigenvalue weighted by Gasteiger charge is -2.21. The van der Waals surface area contributed by atoms with Gasteiger partial charge in [-0.15, -0.1) is 0 Å². The smallest absolute Gasteiger partial charge is 0.251 e. The van der Waals surface area contributed by atoms with E-state index in [9.17, 15) is 4.79 Å². The summed E-state index contributed by atoms with van der Waals surface area (Å²) in [5, 5.41) is 3.08. The Kier molecular flexibility index (Phi) is 3.58. The number of nitrogens with one attached hydrogen (secondary N) is 1. The van der Waals surface area contributed by atoms with E-state index in [0.717, 1.165) is 65.7 Å². The standard InChI is InChI=1S/C21H20BrNO3/c22-15-5-3-4-14(12-15)20(10-11-20)19(24)23-16-6-7-17-18(13-16)26-21(25-17)8-1-2-9-21/h3-7,12-13H,1-2,8-11H2,(H,23,24). The van der Waals surface area contributed by atoms with Crippen LogP contribution in [0.1, 0.15) is 44.1 Å². The average molecular weight is 414 g/mol. The van der Waals surface area contributed by atoms with Gasteiger partial charge in [-0.3, -0.25) is 4.79 Å². The molecule has 1 spiro atoms. The molecule has 5 rings (SSSR count). The molecule has 2 aromatic carbocycles. The molecule has 0 bridgehead atoms. The van der Waals surface area contributed by atoms with Crippen LogP contribution in [0.25, 0.3) is 0 Å². The van der Waals surface area contributed by atoms with Crippen LogP contribution < -0.4 is 14.8 Å². The van der Waals surface area contributed by atoms with Crippen LogP contribution in [0, 0.1) is 0 Å². The Morgan fingerprint density at radius 2 is 1.73 bits per heavy atom. The monoisotopic (exact) mass is 413 g/mol. The Hall–Kier alpha value is -2.01. The highest BCUT2D eigenvalue weighted by Gasteiger charge is 2.51. The molecule has 0 unspecified atom stereocenters. The van der Waals surface area contributed by atoms with E-state index in [2.05, 4.69) is 21.2 Å². The largest absolute Gasteiger partial charge is 0.448 e. The number of amides is 1. The fraction of sp³-hybridized carbons (Fsp3) is 0.381. The van der Waals surface area contributed by atoms with Crippen molar-refractivity contribution in [1.29, 1.82) is 0 Å². The number of carbonyl (C=O) groups excluding carboxylic acids is 1. The third kappa shape index (κ3) is 2.60. The van der Waals surface area contributed by atoms with Gasteiger partial charge in [0.25, 0.3) is 5.79 Å². The Bertz CT molecular complexity index is 885. The zero-order valence-corrected chi connectivity index (χ0v) is 16.0. The minimum atomic E-state index is -0.473. The maximum Gasteiger partial charge on any atom is 0.251 e. The van der Waals surface area contributed by atoms with Crippen LogP contribution in [0.3, 0.4) is 0 Å². The third-order valence-electron chi connectivity index (χ3n) is 5.72. The molecule has 2 aromatic rings. The van der Waals surface area contributed by atoms with Gasteiger partial charge in [-0.25, -0.2) is 0 Å². The van der Waals surface area contributed by atoms with Crippen molar-refractivity contribution in [3.63, 3.8) is 0 Å². The molecule has 1 amide bonds. The number of rotatable bonds is 3. The van der Waals surface area contributed by atoms with Crippen LogP contribution in [0.15, 0.2) is 46.9 Å². The van der Waals surface area contributed by atoms with Gasteiger partial charge < -0.3 is 14.8 Å². The van der Waals surface area contributed by atoms with Gasteiger partial charge in [-0.05, 0) is 55.5 Å². The molecule has 2 aliphatic carbocycles. The number of ether oxygens (including phenoxy) is 2. The molecule has 2 fully saturated rings. The molecular weight excluding hydrogens is 394 g/mol. The van der Waals surface area contributed by atoms with E-state index in [1.54, 1.807) is 0 Å². The van der Waals surface area contributed by atoms with Crippen molar-refractivity contribution in [2.75, 3.05) is 5.32 Å². The number of carbonyl (C=O) groups is 1. The minimum Gasteiger partial charge on any atom is -0.448 e. The van der Waals surface area contributed by atoms with E-state index in [1.807, 2.05) is 42.5 Å². The van der Waals surface area contributed by atoms with Gasteiger partial charge in [-0.1, -0.05) is 28.1 Å². The van der Waals surface area contributed by atoms with E-state index in [-0.39, 0.29) is 5.91 Å². The zero-order valence-electron chi connectivity index (χ0n) is 14.4. The molecule has 0 saturated heterocycles. The molecule has 1 N–H and O–H groups in total. The van der Waals surface area contributed by atoms with Gasteiger partial charge in [0.05, 0.1) is 5.41 Å². The van der Waals surface area contributed by atoms with E-state index in [0.29, 0.717) is 0 Å². The Labute approximate surface area is 161 Å². The molecule has 5 heteroatoms. The van der Waals surface area contributed by atoms with Gasteiger partial charge in [0.15, 0.2) is 11.5 Å². The topological polar surface area (TPSA) is 47.6 Å². The van der Waals surface area contributed by atoms with Crippen LogP contribution in [0.5, 0.6) is 11.5 Å². The molecule has 2 saturated carbocycles. The molecule has 0 atom stereocenters. The van der Waals surface area contributed by atoms with Gasteiger partial charge in [-0.2, -0.15) is 0 Å². The molecule has 26 heavy (non-hydrogen) atoms. The molecule has 0 aromatic heterocycles. The highest BCUT2D eigenvalue weighted by molar-refractivity contribution is 9.10. The van der Waals surface area contributed by atoms with Crippen LogP contribution in [0.2, 0.25) is 0 Å². The van der Waals surface area contributed by atoms with E-state index in [4.69, 9.17) is 9.47 Å². The highest BCUT2D eigenvalue weighted by atomic mass is 79.9. The maximum atomic E-state index is 13.0. The Balaban J connectivity index is 1.36. The molecule has 0 radical (unpaired) electrons. The lowest BCUT2D eigenvalue weighted by molar-refractivity contribution is -0.118. The number of fused-ring (bicyclic) bond motifs is 1. The first kappa shape index (κ1) is 16.2. The second-order valence-corrected chi connectivity index (χ2v) is 8.45. The summed E-state index contributed by atoms with van der Waals surface area (Å²) in [6.45, 7) is 0. The second kappa shape index (κ2) is 5.74. The second-order valence-electron chi connectivity index (χ2n) is 7.53. The number of halogens is 1. The fourth-order valence-electron chi connectivity index (χ4n) is 4.10. The first-order valence-electron chi connectivity index (χ1n) is 9.18. The summed E-state index contributed by atoms with van der Waals surface area (Å²) in [4.78, 5) is 13.0. The Morgan fingerprint density at radius 3 is 2.46 bits per heavy atom. The minimum absolute atomic E-state index is 0.0463. The van der Waals surface area contributed by atoms with Crippen molar-refractivity contribution in [2.45, 2.75) is 49.7 Å². The highest BCUT2D eigenvalue weighted by Crippen LogP contribution is 2.50. The van der Waals surface area contributed by atoms with E-state index < -0.39 is 11.2 Å². The molecular formula is C21H20BrNO3. The average Bonchev–Trinajstić information content (AvgIpc) is 3.21. The SMILES string of the molecule is O=C(Nc1ccc2c(c1)OC1(CCCC1)O2)C1(c2cccc(Br)c2)CC1. The van der Waals surface area contributed by atoms with Crippen LogP contribution in [0.4, 0.5) is 5.69 Å². The van der Waals surface area contributed by atoms with Gasteiger partial charge in [0.1, 0.15) is 0 Å². The fourth-order valence-corrected chi connectivity index (χ4v) is 4.50. The van der Waals surface area contributed by atoms with Crippen molar-refractivity contribution in [1.82, 2.24) is 0 Å². The quantitative estimate of drug-likeness (QED) is 0.755. The molecule has 3 aliphatic rings. The summed E-state index contributed by atoms with van der Waals surface area (Å²) in [7, 11) is 0. The summed E-state index contributed by atoms with van der Waals surface area (Å²) >= 11 is 3.50. The first-order valence-corrected chi connectivity index (χ1v) is 9.98. The lowest BCUT2D eigenvalue weighted by Crippen LogP contribution is -2.34. The molecule has 1 heterocycles. The number of hydrogen-bond acceptors (Lipinski definition) is 3. The molecule has 1 aliphatic heterocycles. The van der Waals surface area contributed by atoms with E-state index >= 15 is 0 Å². The van der Waals surface area contributed by atoms with Crippen molar-refractivity contribution in [3.05, 3.63) is 52.5 Å². The normalized spacial score (nSPS) is 21.0. The van der Waals surface area contributed by atoms with Crippen molar-refractivity contribution < 1.29 is 14.3 Å². The Morgan fingerprint density at radius 1 is 0.962 bits per heavy atom. The summed E-state index contributed by atoms with van der Waals surface area (Å²) in [5.74, 6) is 1.08. The van der Waals surface area contributed by atoms with Crippen LogP contribution >= 0.6 is 15.9 Å². The van der Waals surface area contributed by atoms with Crippen LogP contribution in [-0.4, -0.2) is 11.7 Å². The summed E-state index contributed by atoms with van der Waals surface area (Å²) in [6, 6.07) is 13.7. The summed E-state index contributed by atoms with van der Waals surface area (Å²) in [6.07, 6.45) is 5.87. The van der Waals surface area contributed by atoms with Crippen molar-refractivity contribution >= 4 is 27.5 Å². The molecule has 4 nitrogen and oxygen atoms in total. The van der Waals surface area contributed by atoms with E-state index in [1.165, 1.54) is 0 Å². The zero-order chi connectivity index (χ0) is 17.8.